The van der Waals surface area contributed by atoms with Gasteiger partial charge in [-0.25, -0.2) is 13.2 Å². The summed E-state index contributed by atoms with van der Waals surface area (Å²) in [6.45, 7) is 11.3. The Kier molecular flexibility index (Phi) is 6.44. The lowest BCUT2D eigenvalue weighted by atomic mass is 9.95. The number of ether oxygens (including phenoxy) is 1. The number of hydrogen-bond donors (Lipinski definition) is 1. The molecule has 6 heteroatoms. The van der Waals surface area contributed by atoms with Gasteiger partial charge in [-0.1, -0.05) is 30.3 Å². The van der Waals surface area contributed by atoms with Gasteiger partial charge in [0.2, 0.25) is 10.0 Å². The van der Waals surface area contributed by atoms with Crippen LogP contribution in [0.1, 0.15) is 46.3 Å². The predicted molar refractivity (Wildman–Crippen MR) is 106 cm³/mol. The van der Waals surface area contributed by atoms with Gasteiger partial charge in [0, 0.05) is 0 Å². The fourth-order valence-electron chi connectivity index (χ4n) is 3.21. The molecule has 0 heterocycles. The smallest absolute Gasteiger partial charge is 0.328 e. The number of benzene rings is 2. The minimum absolute atomic E-state index is 0.171. The van der Waals surface area contributed by atoms with Crippen molar-refractivity contribution in [2.45, 2.75) is 52.5 Å². The van der Waals surface area contributed by atoms with Gasteiger partial charge in [-0.2, -0.15) is 4.72 Å². The van der Waals surface area contributed by atoms with E-state index in [1.165, 1.54) is 0 Å². The summed E-state index contributed by atoms with van der Waals surface area (Å²) in [6.07, 6.45) is 0. The Bertz CT molecular complexity index is 921. The van der Waals surface area contributed by atoms with E-state index in [-0.39, 0.29) is 11.5 Å². The Morgan fingerprint density at radius 3 is 1.89 bits per heavy atom. The molecule has 1 N–H and O–H groups in total. The first kappa shape index (κ1) is 21.1. The topological polar surface area (TPSA) is 72.5 Å². The highest BCUT2D eigenvalue weighted by molar-refractivity contribution is 7.89. The van der Waals surface area contributed by atoms with E-state index >= 15 is 0 Å². The van der Waals surface area contributed by atoms with E-state index < -0.39 is 22.0 Å². The maximum absolute atomic E-state index is 13.3. The molecule has 1 atom stereocenters. The molecule has 0 saturated heterocycles. The Labute approximate surface area is 161 Å². The molecule has 0 spiro atoms. The molecule has 0 bridgehead atoms. The second-order valence-electron chi connectivity index (χ2n) is 6.67. The lowest BCUT2D eigenvalue weighted by Gasteiger charge is -2.22. The third-order valence-electron chi connectivity index (χ3n) is 5.13. The highest BCUT2D eigenvalue weighted by Crippen LogP contribution is 2.30. The Balaban J connectivity index is 2.57. The lowest BCUT2D eigenvalue weighted by Crippen LogP contribution is -2.36. The maximum Gasteiger partial charge on any atom is 0.328 e. The normalized spacial score (nSPS) is 12.7. The zero-order valence-corrected chi connectivity index (χ0v) is 17.5. The van der Waals surface area contributed by atoms with Crippen LogP contribution in [-0.4, -0.2) is 21.0 Å². The first-order valence-corrected chi connectivity index (χ1v) is 10.4. The summed E-state index contributed by atoms with van der Waals surface area (Å²) in [4.78, 5) is 12.7. The van der Waals surface area contributed by atoms with E-state index in [1.807, 2.05) is 20.8 Å². The van der Waals surface area contributed by atoms with Crippen LogP contribution in [0, 0.1) is 34.6 Å². The van der Waals surface area contributed by atoms with Gasteiger partial charge < -0.3 is 4.74 Å². The third kappa shape index (κ3) is 4.22. The number of esters is 1. The summed E-state index contributed by atoms with van der Waals surface area (Å²) in [5.74, 6) is -0.622. The lowest BCUT2D eigenvalue weighted by molar-refractivity contribution is -0.145. The molecule has 0 aliphatic rings. The van der Waals surface area contributed by atoms with Crippen LogP contribution in [0.5, 0.6) is 0 Å². The minimum atomic E-state index is -3.94. The predicted octanol–water partition coefficient (Wildman–Crippen LogP) is 3.81. The van der Waals surface area contributed by atoms with Crippen LogP contribution in [0.15, 0.2) is 35.2 Å². The van der Waals surface area contributed by atoms with Gasteiger partial charge >= 0.3 is 5.97 Å². The van der Waals surface area contributed by atoms with E-state index in [0.717, 1.165) is 16.7 Å². The molecule has 0 unspecified atom stereocenters. The van der Waals surface area contributed by atoms with Crippen LogP contribution in [0.2, 0.25) is 0 Å². The van der Waals surface area contributed by atoms with Crippen molar-refractivity contribution in [3.63, 3.8) is 0 Å². The molecule has 2 aromatic rings. The summed E-state index contributed by atoms with van der Waals surface area (Å²) in [5.41, 5.74) is 4.87. The fourth-order valence-corrected chi connectivity index (χ4v) is 4.98. The average Bonchev–Trinajstić information content (AvgIpc) is 2.63. The van der Waals surface area contributed by atoms with Gasteiger partial charge in [0.05, 0.1) is 11.5 Å². The highest BCUT2D eigenvalue weighted by atomic mass is 32.2. The second kappa shape index (κ2) is 8.23. The molecule has 0 aliphatic carbocycles. The summed E-state index contributed by atoms with van der Waals surface area (Å²) >= 11 is 0. The fraction of sp³-hybridized carbons (Fsp3) is 0.381. The van der Waals surface area contributed by atoms with Gasteiger partial charge in [-0.15, -0.1) is 0 Å². The number of hydrogen-bond acceptors (Lipinski definition) is 4. The van der Waals surface area contributed by atoms with Crippen molar-refractivity contribution in [3.05, 3.63) is 63.7 Å². The number of carbonyl (C=O) groups is 1. The van der Waals surface area contributed by atoms with Crippen molar-refractivity contribution in [2.75, 3.05) is 6.61 Å². The Morgan fingerprint density at radius 1 is 0.926 bits per heavy atom. The molecule has 2 aromatic carbocycles. The summed E-state index contributed by atoms with van der Waals surface area (Å²) in [5, 5.41) is 0. The van der Waals surface area contributed by atoms with Gasteiger partial charge in [-0.3, -0.25) is 0 Å². The minimum Gasteiger partial charge on any atom is -0.465 e. The molecule has 27 heavy (non-hydrogen) atoms. The SMILES string of the molecule is CCOC(=O)[C@H](NS(=O)(=O)c1c(C)c(C)c(C)c(C)c1C)c1ccccc1. The quantitative estimate of drug-likeness (QED) is 0.763. The molecule has 0 aromatic heterocycles. The number of rotatable bonds is 6. The van der Waals surface area contributed by atoms with Crippen molar-refractivity contribution < 1.29 is 17.9 Å². The molecule has 146 valence electrons. The summed E-state index contributed by atoms with van der Waals surface area (Å²) in [6, 6.07) is 7.63. The van der Waals surface area contributed by atoms with Gasteiger partial charge in [0.1, 0.15) is 6.04 Å². The first-order valence-electron chi connectivity index (χ1n) is 8.92. The molecular formula is C21H27NO4S. The number of nitrogens with one attached hydrogen (secondary N) is 1. The Hall–Kier alpha value is -2.18. The number of sulfonamides is 1. The molecule has 0 fully saturated rings. The van der Waals surface area contributed by atoms with Crippen molar-refractivity contribution in [1.29, 1.82) is 0 Å². The maximum atomic E-state index is 13.3. The summed E-state index contributed by atoms with van der Waals surface area (Å²) < 4.78 is 34.2. The molecular weight excluding hydrogens is 362 g/mol. The Morgan fingerprint density at radius 2 is 1.41 bits per heavy atom. The van der Waals surface area contributed by atoms with Crippen LogP contribution in [-0.2, 0) is 19.6 Å². The molecule has 2 rings (SSSR count). The zero-order chi connectivity index (χ0) is 20.4. The van der Waals surface area contributed by atoms with Crippen molar-refractivity contribution in [3.8, 4) is 0 Å². The second-order valence-corrected chi connectivity index (χ2v) is 8.32. The van der Waals surface area contributed by atoms with Crippen molar-refractivity contribution >= 4 is 16.0 Å². The van der Waals surface area contributed by atoms with E-state index in [9.17, 15) is 13.2 Å². The standard InChI is InChI=1S/C21H27NO4S/c1-7-26-21(23)19(18-11-9-8-10-12-18)22-27(24,25)20-16(5)14(3)13(2)15(4)17(20)6/h8-12,19,22H,7H2,1-6H3/t19-/m1/s1. The monoisotopic (exact) mass is 389 g/mol. The zero-order valence-electron chi connectivity index (χ0n) is 16.7. The summed E-state index contributed by atoms with van der Waals surface area (Å²) in [7, 11) is -3.94. The van der Waals surface area contributed by atoms with Crippen molar-refractivity contribution in [2.24, 2.45) is 0 Å². The van der Waals surface area contributed by atoms with Crippen molar-refractivity contribution in [1.82, 2.24) is 4.72 Å². The van der Waals surface area contributed by atoms with Crippen LogP contribution in [0.4, 0.5) is 0 Å². The largest absolute Gasteiger partial charge is 0.465 e. The molecule has 0 radical (unpaired) electrons. The average molecular weight is 390 g/mol. The number of carbonyl (C=O) groups excluding carboxylic acids is 1. The first-order chi connectivity index (χ1) is 12.6. The highest BCUT2D eigenvalue weighted by Gasteiger charge is 2.31. The van der Waals surface area contributed by atoms with Crippen LogP contribution < -0.4 is 4.72 Å². The molecule has 0 amide bonds. The molecule has 0 saturated carbocycles. The van der Waals surface area contributed by atoms with Gasteiger partial charge in [-0.05, 0) is 74.9 Å². The van der Waals surface area contributed by atoms with Crippen LogP contribution in [0.25, 0.3) is 0 Å². The van der Waals surface area contributed by atoms with E-state index in [2.05, 4.69) is 4.72 Å². The van der Waals surface area contributed by atoms with E-state index in [4.69, 9.17) is 4.74 Å². The van der Waals surface area contributed by atoms with Crippen LogP contribution >= 0.6 is 0 Å². The third-order valence-corrected chi connectivity index (χ3v) is 6.82. The van der Waals surface area contributed by atoms with E-state index in [1.54, 1.807) is 51.1 Å². The van der Waals surface area contributed by atoms with Gasteiger partial charge in [0.15, 0.2) is 0 Å². The molecule has 5 nitrogen and oxygen atoms in total. The van der Waals surface area contributed by atoms with Gasteiger partial charge in [0.25, 0.3) is 0 Å². The van der Waals surface area contributed by atoms with Crippen LogP contribution in [0.3, 0.4) is 0 Å². The molecule has 0 aliphatic heterocycles. The van der Waals surface area contributed by atoms with E-state index in [0.29, 0.717) is 16.7 Å².